The van der Waals surface area contributed by atoms with Crippen LogP contribution in [0.4, 0.5) is 8.78 Å². The molecule has 0 unspecified atom stereocenters. The van der Waals surface area contributed by atoms with E-state index in [-0.39, 0.29) is 21.8 Å². The van der Waals surface area contributed by atoms with Crippen molar-refractivity contribution in [3.8, 4) is 11.4 Å². The van der Waals surface area contributed by atoms with Gasteiger partial charge in [0.2, 0.25) is 0 Å². The normalized spacial score (nSPS) is 12.0. The standard InChI is InChI=1S/C14H10F2N2O2S/c1-21(19,20)11-7-3-6-10-13(11)18-14(17-10)12-8(15)4-2-5-9(12)16/h2-7H,1H3,(H,17,18). The van der Waals surface area contributed by atoms with Gasteiger partial charge in [0.15, 0.2) is 9.84 Å². The van der Waals surface area contributed by atoms with Crippen LogP contribution in [-0.4, -0.2) is 24.6 Å². The lowest BCUT2D eigenvalue weighted by atomic mass is 10.2. The van der Waals surface area contributed by atoms with Crippen LogP contribution in [0, 0.1) is 11.6 Å². The van der Waals surface area contributed by atoms with Gasteiger partial charge >= 0.3 is 0 Å². The predicted octanol–water partition coefficient (Wildman–Crippen LogP) is 2.91. The van der Waals surface area contributed by atoms with Crippen LogP contribution in [0.2, 0.25) is 0 Å². The molecule has 0 aliphatic rings. The van der Waals surface area contributed by atoms with E-state index in [0.717, 1.165) is 18.4 Å². The molecular weight excluding hydrogens is 298 g/mol. The number of aromatic amines is 1. The second-order valence-corrected chi connectivity index (χ2v) is 6.59. The summed E-state index contributed by atoms with van der Waals surface area (Å²) in [5.74, 6) is -1.58. The monoisotopic (exact) mass is 308 g/mol. The average molecular weight is 308 g/mol. The first kappa shape index (κ1) is 13.7. The maximum atomic E-state index is 13.8. The van der Waals surface area contributed by atoms with Crippen molar-refractivity contribution in [2.75, 3.05) is 6.26 Å². The Morgan fingerprint density at radius 1 is 1.05 bits per heavy atom. The summed E-state index contributed by atoms with van der Waals surface area (Å²) < 4.78 is 51.0. The molecule has 0 amide bonds. The number of hydrogen-bond acceptors (Lipinski definition) is 3. The summed E-state index contributed by atoms with van der Waals surface area (Å²) in [5, 5.41) is 0. The number of nitrogens with one attached hydrogen (secondary N) is 1. The summed E-state index contributed by atoms with van der Waals surface area (Å²) in [6.45, 7) is 0. The number of fused-ring (bicyclic) bond motifs is 1. The third-order valence-electron chi connectivity index (χ3n) is 3.07. The molecule has 21 heavy (non-hydrogen) atoms. The van der Waals surface area contributed by atoms with E-state index in [1.807, 2.05) is 0 Å². The van der Waals surface area contributed by atoms with Gasteiger partial charge in [-0.25, -0.2) is 22.2 Å². The first-order valence-electron chi connectivity index (χ1n) is 6.01. The van der Waals surface area contributed by atoms with E-state index < -0.39 is 21.5 Å². The van der Waals surface area contributed by atoms with Crippen molar-refractivity contribution in [2.45, 2.75) is 4.90 Å². The zero-order valence-corrected chi connectivity index (χ0v) is 11.7. The summed E-state index contributed by atoms with van der Waals surface area (Å²) >= 11 is 0. The molecule has 1 heterocycles. The summed E-state index contributed by atoms with van der Waals surface area (Å²) in [6.07, 6.45) is 1.06. The van der Waals surface area contributed by atoms with E-state index in [2.05, 4.69) is 9.97 Å². The summed E-state index contributed by atoms with van der Waals surface area (Å²) in [5.41, 5.74) is 0.251. The number of halogens is 2. The first-order chi connectivity index (χ1) is 9.88. The van der Waals surface area contributed by atoms with Crippen molar-refractivity contribution in [2.24, 2.45) is 0 Å². The second-order valence-electron chi connectivity index (χ2n) is 4.61. The van der Waals surface area contributed by atoms with E-state index in [1.54, 1.807) is 12.1 Å². The highest BCUT2D eigenvalue weighted by molar-refractivity contribution is 7.91. The quantitative estimate of drug-likeness (QED) is 0.792. The first-order valence-corrected chi connectivity index (χ1v) is 7.90. The molecule has 3 aromatic rings. The van der Waals surface area contributed by atoms with Crippen LogP contribution in [-0.2, 0) is 9.84 Å². The van der Waals surface area contributed by atoms with E-state index in [4.69, 9.17) is 0 Å². The highest BCUT2D eigenvalue weighted by Crippen LogP contribution is 2.28. The lowest BCUT2D eigenvalue weighted by Gasteiger charge is -2.00. The van der Waals surface area contributed by atoms with Gasteiger partial charge in [0, 0.05) is 6.26 Å². The van der Waals surface area contributed by atoms with E-state index >= 15 is 0 Å². The van der Waals surface area contributed by atoms with Gasteiger partial charge in [-0.15, -0.1) is 0 Å². The van der Waals surface area contributed by atoms with Crippen LogP contribution in [0.5, 0.6) is 0 Å². The Morgan fingerprint density at radius 2 is 1.67 bits per heavy atom. The lowest BCUT2D eigenvalue weighted by molar-refractivity contribution is 0.588. The van der Waals surface area contributed by atoms with Crippen molar-refractivity contribution < 1.29 is 17.2 Å². The van der Waals surface area contributed by atoms with Gasteiger partial charge in [0.05, 0.1) is 16.0 Å². The number of nitrogens with zero attached hydrogens (tertiary/aromatic N) is 1. The number of rotatable bonds is 2. The number of sulfone groups is 1. The molecular formula is C14H10F2N2O2S. The minimum absolute atomic E-state index is 0.0132. The van der Waals surface area contributed by atoms with Gasteiger partial charge in [-0.1, -0.05) is 12.1 Å². The Kier molecular flexibility index (Phi) is 3.02. The Labute approximate surface area is 119 Å². The van der Waals surface area contributed by atoms with Gasteiger partial charge in [0.1, 0.15) is 23.0 Å². The molecule has 108 valence electrons. The zero-order valence-electron chi connectivity index (χ0n) is 10.9. The third kappa shape index (κ3) is 2.29. The Bertz CT molecular complexity index is 929. The van der Waals surface area contributed by atoms with Crippen molar-refractivity contribution >= 4 is 20.9 Å². The SMILES string of the molecule is CS(=O)(=O)c1cccc2[nH]c(-c3c(F)cccc3F)nc12. The fourth-order valence-corrected chi connectivity index (χ4v) is 2.98. The van der Waals surface area contributed by atoms with Crippen molar-refractivity contribution in [3.05, 3.63) is 48.0 Å². The fraction of sp³-hybridized carbons (Fsp3) is 0.0714. The summed E-state index contributed by atoms with van der Waals surface area (Å²) in [4.78, 5) is 6.82. The number of hydrogen-bond donors (Lipinski definition) is 1. The second kappa shape index (κ2) is 4.63. The predicted molar refractivity (Wildman–Crippen MR) is 74.6 cm³/mol. The van der Waals surface area contributed by atoms with Crippen LogP contribution in [0.3, 0.4) is 0 Å². The molecule has 7 heteroatoms. The van der Waals surface area contributed by atoms with Crippen LogP contribution in [0.15, 0.2) is 41.3 Å². The highest BCUT2D eigenvalue weighted by Gasteiger charge is 2.19. The average Bonchev–Trinajstić information content (AvgIpc) is 2.80. The number of H-pyrrole nitrogens is 1. The maximum absolute atomic E-state index is 13.8. The molecule has 1 N–H and O–H groups in total. The molecule has 0 saturated heterocycles. The van der Waals surface area contributed by atoms with Crippen LogP contribution >= 0.6 is 0 Å². The molecule has 0 fully saturated rings. The van der Waals surface area contributed by atoms with E-state index in [9.17, 15) is 17.2 Å². The molecule has 0 aliphatic carbocycles. The minimum Gasteiger partial charge on any atom is -0.338 e. The Balaban J connectivity index is 2.33. The number of benzene rings is 2. The number of para-hydroxylation sites is 1. The topological polar surface area (TPSA) is 62.8 Å². The van der Waals surface area contributed by atoms with Gasteiger partial charge in [-0.2, -0.15) is 0 Å². The molecule has 1 aromatic heterocycles. The number of imidazole rings is 1. The minimum atomic E-state index is -3.49. The molecule has 0 radical (unpaired) electrons. The Morgan fingerprint density at radius 3 is 2.29 bits per heavy atom. The molecule has 0 spiro atoms. The van der Waals surface area contributed by atoms with Gasteiger partial charge < -0.3 is 4.98 Å². The van der Waals surface area contributed by atoms with Crippen LogP contribution in [0.1, 0.15) is 0 Å². The van der Waals surface area contributed by atoms with Gasteiger partial charge in [0.25, 0.3) is 0 Å². The molecule has 2 aromatic carbocycles. The largest absolute Gasteiger partial charge is 0.338 e. The van der Waals surface area contributed by atoms with Gasteiger partial charge in [-0.05, 0) is 24.3 Å². The van der Waals surface area contributed by atoms with Crippen LogP contribution in [0.25, 0.3) is 22.4 Å². The van der Waals surface area contributed by atoms with Crippen molar-refractivity contribution in [3.63, 3.8) is 0 Å². The van der Waals surface area contributed by atoms with Gasteiger partial charge in [-0.3, -0.25) is 0 Å². The molecule has 3 rings (SSSR count). The molecule has 4 nitrogen and oxygen atoms in total. The third-order valence-corrected chi connectivity index (χ3v) is 4.20. The zero-order chi connectivity index (χ0) is 15.2. The summed E-state index contributed by atoms with van der Waals surface area (Å²) in [7, 11) is -3.49. The summed E-state index contributed by atoms with van der Waals surface area (Å²) in [6, 6.07) is 8.02. The maximum Gasteiger partial charge on any atom is 0.177 e. The molecule has 0 saturated carbocycles. The van der Waals surface area contributed by atoms with Crippen LogP contribution < -0.4 is 0 Å². The van der Waals surface area contributed by atoms with Crippen molar-refractivity contribution in [1.82, 2.24) is 9.97 Å². The number of aromatic nitrogens is 2. The molecule has 0 bridgehead atoms. The molecule has 0 aliphatic heterocycles. The van der Waals surface area contributed by atoms with E-state index in [0.29, 0.717) is 5.52 Å². The van der Waals surface area contributed by atoms with E-state index in [1.165, 1.54) is 12.1 Å². The Hall–Kier alpha value is -2.28. The lowest BCUT2D eigenvalue weighted by Crippen LogP contribution is -1.97. The van der Waals surface area contributed by atoms with Crippen molar-refractivity contribution in [1.29, 1.82) is 0 Å². The smallest absolute Gasteiger partial charge is 0.177 e. The fourth-order valence-electron chi connectivity index (χ4n) is 2.15. The molecule has 0 atom stereocenters. The highest BCUT2D eigenvalue weighted by atomic mass is 32.2.